The maximum absolute atomic E-state index is 9.17. The molecule has 0 aliphatic heterocycles. The first-order valence-corrected chi connectivity index (χ1v) is 5.96. The second-order valence-electron chi connectivity index (χ2n) is 3.82. The van der Waals surface area contributed by atoms with E-state index in [9.17, 15) is 0 Å². The van der Waals surface area contributed by atoms with Gasteiger partial charge in [-0.2, -0.15) is 10.5 Å². The van der Waals surface area contributed by atoms with Crippen LogP contribution in [0.2, 0.25) is 0 Å². The van der Waals surface area contributed by atoms with Crippen molar-refractivity contribution in [1.82, 2.24) is 0 Å². The average Bonchev–Trinajstić information content (AvgIpc) is 2.70. The summed E-state index contributed by atoms with van der Waals surface area (Å²) in [6.45, 7) is 5.65. The summed E-state index contributed by atoms with van der Waals surface area (Å²) in [6, 6.07) is 8.33. The zero-order valence-corrected chi connectivity index (χ0v) is 10.2. The van der Waals surface area contributed by atoms with E-state index in [0.717, 1.165) is 4.88 Å². The molecule has 1 aromatic rings. The Balaban J connectivity index is 2.83. The SMILES string of the molecule is C=CCCC(C#N)(C#N)Cc1ccc(C)s1. The van der Waals surface area contributed by atoms with Gasteiger partial charge in [0.25, 0.3) is 0 Å². The Morgan fingerprint density at radius 2 is 2.12 bits per heavy atom. The largest absolute Gasteiger partial charge is 0.197 e. The van der Waals surface area contributed by atoms with Gasteiger partial charge in [0.05, 0.1) is 12.1 Å². The van der Waals surface area contributed by atoms with Gasteiger partial charge in [0.1, 0.15) is 5.41 Å². The Hall–Kier alpha value is -1.58. The molecule has 0 amide bonds. The Kier molecular flexibility index (Phi) is 4.28. The van der Waals surface area contributed by atoms with Crippen molar-refractivity contribution >= 4 is 11.3 Å². The van der Waals surface area contributed by atoms with Gasteiger partial charge in [-0.1, -0.05) is 6.08 Å². The van der Waals surface area contributed by atoms with E-state index in [1.54, 1.807) is 17.4 Å². The highest BCUT2D eigenvalue weighted by Gasteiger charge is 2.30. The van der Waals surface area contributed by atoms with E-state index >= 15 is 0 Å². The van der Waals surface area contributed by atoms with E-state index in [2.05, 4.69) is 18.7 Å². The molecular formula is C13H14N2S. The van der Waals surface area contributed by atoms with Crippen LogP contribution in [-0.4, -0.2) is 0 Å². The fourth-order valence-electron chi connectivity index (χ4n) is 1.53. The maximum atomic E-state index is 9.17. The van der Waals surface area contributed by atoms with Gasteiger partial charge in [0.2, 0.25) is 0 Å². The van der Waals surface area contributed by atoms with E-state index < -0.39 is 5.41 Å². The van der Waals surface area contributed by atoms with E-state index in [-0.39, 0.29) is 0 Å². The molecule has 1 aromatic heterocycles. The minimum Gasteiger partial charge on any atom is -0.197 e. The number of nitriles is 2. The predicted octanol–water partition coefficient (Wildman–Crippen LogP) is 3.60. The Labute approximate surface area is 100 Å². The minimum absolute atomic E-state index is 0.520. The number of hydrogen-bond acceptors (Lipinski definition) is 3. The molecule has 0 bridgehead atoms. The topological polar surface area (TPSA) is 47.6 Å². The summed E-state index contributed by atoms with van der Waals surface area (Å²) in [4.78, 5) is 2.31. The second kappa shape index (κ2) is 5.49. The second-order valence-corrected chi connectivity index (χ2v) is 5.19. The lowest BCUT2D eigenvalue weighted by Gasteiger charge is -2.16. The summed E-state index contributed by atoms with van der Waals surface area (Å²) in [5.41, 5.74) is -0.897. The van der Waals surface area contributed by atoms with Crippen LogP contribution in [0, 0.1) is 35.0 Å². The number of hydrogen-bond donors (Lipinski definition) is 0. The van der Waals surface area contributed by atoms with Crippen molar-refractivity contribution in [2.75, 3.05) is 0 Å². The molecule has 0 aromatic carbocycles. The van der Waals surface area contributed by atoms with Gasteiger partial charge in [-0.15, -0.1) is 17.9 Å². The van der Waals surface area contributed by atoms with Crippen LogP contribution in [0.15, 0.2) is 24.8 Å². The monoisotopic (exact) mass is 230 g/mol. The molecule has 0 radical (unpaired) electrons. The summed E-state index contributed by atoms with van der Waals surface area (Å²) in [7, 11) is 0. The molecule has 0 unspecified atom stereocenters. The highest BCUT2D eigenvalue weighted by molar-refractivity contribution is 7.11. The van der Waals surface area contributed by atoms with Crippen molar-refractivity contribution in [2.24, 2.45) is 5.41 Å². The quantitative estimate of drug-likeness (QED) is 0.725. The molecule has 0 saturated heterocycles. The molecule has 3 heteroatoms. The Morgan fingerprint density at radius 3 is 2.56 bits per heavy atom. The first-order valence-electron chi connectivity index (χ1n) is 5.14. The third-order valence-corrected chi connectivity index (χ3v) is 3.48. The number of allylic oxidation sites excluding steroid dienone is 1. The van der Waals surface area contributed by atoms with Gasteiger partial charge in [-0.25, -0.2) is 0 Å². The summed E-state index contributed by atoms with van der Waals surface area (Å²) in [6.07, 6.45) is 3.53. The zero-order valence-electron chi connectivity index (χ0n) is 9.36. The molecular weight excluding hydrogens is 216 g/mol. The van der Waals surface area contributed by atoms with Crippen molar-refractivity contribution in [3.8, 4) is 12.1 Å². The summed E-state index contributed by atoms with van der Waals surface area (Å²) < 4.78 is 0. The molecule has 0 spiro atoms. The van der Waals surface area contributed by atoms with Gasteiger partial charge in [-0.05, 0) is 31.9 Å². The molecule has 0 aliphatic carbocycles. The normalized spacial score (nSPS) is 10.4. The van der Waals surface area contributed by atoms with Crippen LogP contribution in [0.1, 0.15) is 22.6 Å². The van der Waals surface area contributed by atoms with Crippen LogP contribution in [0.5, 0.6) is 0 Å². The molecule has 1 heterocycles. The van der Waals surface area contributed by atoms with Crippen molar-refractivity contribution in [3.05, 3.63) is 34.5 Å². The Morgan fingerprint density at radius 1 is 1.44 bits per heavy atom. The van der Waals surface area contributed by atoms with Crippen LogP contribution in [0.3, 0.4) is 0 Å². The molecule has 0 aliphatic rings. The van der Waals surface area contributed by atoms with Gasteiger partial charge in [0.15, 0.2) is 0 Å². The van der Waals surface area contributed by atoms with Crippen molar-refractivity contribution < 1.29 is 0 Å². The lowest BCUT2D eigenvalue weighted by atomic mass is 9.82. The van der Waals surface area contributed by atoms with E-state index in [1.165, 1.54) is 4.88 Å². The molecule has 82 valence electrons. The first-order chi connectivity index (χ1) is 7.65. The van der Waals surface area contributed by atoms with Gasteiger partial charge in [0, 0.05) is 16.2 Å². The average molecular weight is 230 g/mol. The van der Waals surface area contributed by atoms with E-state index in [1.807, 2.05) is 19.1 Å². The predicted molar refractivity (Wildman–Crippen MR) is 65.9 cm³/mol. The van der Waals surface area contributed by atoms with E-state index in [0.29, 0.717) is 19.3 Å². The van der Waals surface area contributed by atoms with Crippen LogP contribution < -0.4 is 0 Å². The summed E-state index contributed by atoms with van der Waals surface area (Å²) >= 11 is 1.65. The Bertz CT molecular complexity index is 431. The zero-order chi connectivity index (χ0) is 12.0. The number of thiophene rings is 1. The summed E-state index contributed by atoms with van der Waals surface area (Å²) in [5.74, 6) is 0. The van der Waals surface area contributed by atoms with Crippen LogP contribution in [0.4, 0.5) is 0 Å². The fourth-order valence-corrected chi connectivity index (χ4v) is 2.53. The van der Waals surface area contributed by atoms with Crippen LogP contribution >= 0.6 is 11.3 Å². The smallest absolute Gasteiger partial charge is 0.148 e. The summed E-state index contributed by atoms with van der Waals surface area (Å²) in [5, 5.41) is 18.3. The first kappa shape index (κ1) is 12.5. The minimum atomic E-state index is -0.897. The fraction of sp³-hybridized carbons (Fsp3) is 0.385. The third kappa shape index (κ3) is 2.95. The highest BCUT2D eigenvalue weighted by Crippen LogP contribution is 2.30. The molecule has 16 heavy (non-hydrogen) atoms. The van der Waals surface area contributed by atoms with Gasteiger partial charge in [-0.3, -0.25) is 0 Å². The van der Waals surface area contributed by atoms with Gasteiger partial charge < -0.3 is 0 Å². The number of aryl methyl sites for hydroxylation is 1. The highest BCUT2D eigenvalue weighted by atomic mass is 32.1. The molecule has 0 saturated carbocycles. The molecule has 0 N–H and O–H groups in total. The van der Waals surface area contributed by atoms with Crippen molar-refractivity contribution in [2.45, 2.75) is 26.2 Å². The molecule has 2 nitrogen and oxygen atoms in total. The maximum Gasteiger partial charge on any atom is 0.148 e. The van der Waals surface area contributed by atoms with Crippen molar-refractivity contribution in [1.29, 1.82) is 10.5 Å². The lowest BCUT2D eigenvalue weighted by molar-refractivity contribution is 0.482. The third-order valence-electron chi connectivity index (χ3n) is 2.48. The standard InChI is InChI=1S/C13H14N2S/c1-3-4-7-13(9-14,10-15)8-12-6-5-11(2)16-12/h3,5-6H,1,4,7-8H2,2H3. The molecule has 0 fully saturated rings. The molecule has 1 rings (SSSR count). The van der Waals surface area contributed by atoms with Crippen molar-refractivity contribution in [3.63, 3.8) is 0 Å². The van der Waals surface area contributed by atoms with Gasteiger partial charge >= 0.3 is 0 Å². The lowest BCUT2D eigenvalue weighted by Crippen LogP contribution is -2.18. The van der Waals surface area contributed by atoms with E-state index in [4.69, 9.17) is 10.5 Å². The molecule has 0 atom stereocenters. The van der Waals surface area contributed by atoms with Crippen LogP contribution in [0.25, 0.3) is 0 Å². The number of rotatable bonds is 5. The number of nitrogens with zero attached hydrogens (tertiary/aromatic N) is 2. The van der Waals surface area contributed by atoms with Crippen LogP contribution in [-0.2, 0) is 6.42 Å².